The van der Waals surface area contributed by atoms with Gasteiger partial charge in [-0.25, -0.2) is 9.97 Å². The average Bonchev–Trinajstić information content (AvgIpc) is 3.25. The van der Waals surface area contributed by atoms with Crippen molar-refractivity contribution in [1.29, 1.82) is 0 Å². The number of aliphatic hydroxyl groups excluding tert-OH is 1. The highest BCUT2D eigenvalue weighted by Crippen LogP contribution is 2.45. The molecule has 0 aliphatic heterocycles. The van der Waals surface area contributed by atoms with Crippen LogP contribution >= 0.6 is 0 Å². The number of aromatic nitrogens is 2. The van der Waals surface area contributed by atoms with E-state index in [0.29, 0.717) is 0 Å². The minimum Gasteiger partial charge on any atom is -0.396 e. The van der Waals surface area contributed by atoms with Gasteiger partial charge in [-0.2, -0.15) is 0 Å². The molecule has 5 nitrogen and oxygen atoms in total. The van der Waals surface area contributed by atoms with E-state index in [9.17, 15) is 5.11 Å². The summed E-state index contributed by atoms with van der Waals surface area (Å²) in [5.74, 6) is 1.86. The lowest BCUT2D eigenvalue weighted by Crippen LogP contribution is -2.21. The van der Waals surface area contributed by atoms with Crippen molar-refractivity contribution in [2.75, 3.05) is 30.3 Å². The highest BCUT2D eigenvalue weighted by Gasteiger charge is 2.41. The van der Waals surface area contributed by atoms with Gasteiger partial charge < -0.3 is 15.7 Å². The zero-order chi connectivity index (χ0) is 14.4. The predicted octanol–water partition coefficient (Wildman–Crippen LogP) is 2.44. The van der Waals surface area contributed by atoms with E-state index < -0.39 is 0 Å². The fraction of sp³-hybridized carbons (Fsp3) is 0.733. The van der Waals surface area contributed by atoms with Crippen molar-refractivity contribution < 1.29 is 5.11 Å². The summed E-state index contributed by atoms with van der Waals surface area (Å²) in [6.45, 7) is 6.29. The molecule has 1 fully saturated rings. The molecule has 0 amide bonds. The molecule has 1 aromatic heterocycles. The van der Waals surface area contributed by atoms with Crippen LogP contribution in [0.25, 0.3) is 0 Å². The van der Waals surface area contributed by atoms with Crippen LogP contribution in [0.3, 0.4) is 0 Å². The van der Waals surface area contributed by atoms with E-state index in [-0.39, 0.29) is 12.0 Å². The second kappa shape index (κ2) is 6.88. The Balaban J connectivity index is 2.09. The number of rotatable bonds is 9. The molecule has 1 heterocycles. The SMILES string of the molecule is CCCNc1ncnc(NCC2(CO)CC2)c1CCC. The van der Waals surface area contributed by atoms with Gasteiger partial charge in [0.1, 0.15) is 18.0 Å². The molecule has 2 rings (SSSR count). The van der Waals surface area contributed by atoms with Crippen LogP contribution in [0.4, 0.5) is 11.6 Å². The normalized spacial score (nSPS) is 15.9. The monoisotopic (exact) mass is 278 g/mol. The molecule has 1 aromatic rings. The first kappa shape index (κ1) is 15.0. The third kappa shape index (κ3) is 3.60. The second-order valence-corrected chi connectivity index (χ2v) is 5.74. The Morgan fingerprint density at radius 1 is 1.15 bits per heavy atom. The van der Waals surface area contributed by atoms with Gasteiger partial charge in [-0.1, -0.05) is 20.3 Å². The third-order valence-corrected chi connectivity index (χ3v) is 3.91. The number of aliphatic hydroxyl groups is 1. The maximum absolute atomic E-state index is 9.39. The summed E-state index contributed by atoms with van der Waals surface area (Å²) in [5, 5.41) is 16.2. The number of hydrogen-bond acceptors (Lipinski definition) is 5. The number of nitrogens with zero attached hydrogens (tertiary/aromatic N) is 2. The lowest BCUT2D eigenvalue weighted by atomic mass is 10.1. The predicted molar refractivity (Wildman–Crippen MR) is 82.1 cm³/mol. The molecule has 0 saturated heterocycles. The number of nitrogens with one attached hydrogen (secondary N) is 2. The van der Waals surface area contributed by atoms with Crippen molar-refractivity contribution >= 4 is 11.6 Å². The molecule has 0 radical (unpaired) electrons. The van der Waals surface area contributed by atoms with Crippen LogP contribution in [-0.4, -0.2) is 34.8 Å². The van der Waals surface area contributed by atoms with E-state index in [1.54, 1.807) is 6.33 Å². The van der Waals surface area contributed by atoms with Gasteiger partial charge in [0.25, 0.3) is 0 Å². The molecule has 5 heteroatoms. The zero-order valence-corrected chi connectivity index (χ0v) is 12.6. The molecular formula is C15H26N4O. The van der Waals surface area contributed by atoms with Gasteiger partial charge in [0.2, 0.25) is 0 Å². The van der Waals surface area contributed by atoms with Gasteiger partial charge >= 0.3 is 0 Å². The fourth-order valence-electron chi connectivity index (χ4n) is 2.29. The van der Waals surface area contributed by atoms with Crippen molar-refractivity contribution in [3.63, 3.8) is 0 Å². The minimum absolute atomic E-state index is 0.0887. The van der Waals surface area contributed by atoms with Crippen LogP contribution in [0.15, 0.2) is 6.33 Å². The van der Waals surface area contributed by atoms with Gasteiger partial charge in [-0.3, -0.25) is 0 Å². The molecule has 1 aliphatic carbocycles. The van der Waals surface area contributed by atoms with Crippen LogP contribution in [0.5, 0.6) is 0 Å². The first-order valence-corrected chi connectivity index (χ1v) is 7.67. The van der Waals surface area contributed by atoms with Gasteiger partial charge in [0.15, 0.2) is 0 Å². The minimum atomic E-state index is 0.0887. The molecule has 20 heavy (non-hydrogen) atoms. The summed E-state index contributed by atoms with van der Waals surface area (Å²) in [6, 6.07) is 0. The Bertz CT molecular complexity index is 432. The van der Waals surface area contributed by atoms with Crippen molar-refractivity contribution in [2.24, 2.45) is 5.41 Å². The molecule has 0 unspecified atom stereocenters. The molecule has 0 spiro atoms. The topological polar surface area (TPSA) is 70.1 Å². The van der Waals surface area contributed by atoms with E-state index in [0.717, 1.165) is 62.4 Å². The Morgan fingerprint density at radius 2 is 1.85 bits per heavy atom. The molecule has 0 atom stereocenters. The van der Waals surface area contributed by atoms with Crippen LogP contribution in [0.1, 0.15) is 45.1 Å². The lowest BCUT2D eigenvalue weighted by molar-refractivity contribution is 0.219. The summed E-state index contributed by atoms with van der Waals surface area (Å²) in [6.07, 6.45) is 6.91. The van der Waals surface area contributed by atoms with Crippen molar-refractivity contribution in [3.05, 3.63) is 11.9 Å². The zero-order valence-electron chi connectivity index (χ0n) is 12.6. The fourth-order valence-corrected chi connectivity index (χ4v) is 2.29. The van der Waals surface area contributed by atoms with Crippen LogP contribution in [0.2, 0.25) is 0 Å². The summed E-state index contributed by atoms with van der Waals surface area (Å²) >= 11 is 0. The third-order valence-electron chi connectivity index (χ3n) is 3.91. The standard InChI is InChI=1S/C15H26N4O/c1-3-5-12-13(16-8-4-2)18-11-19-14(12)17-9-15(10-20)6-7-15/h11,20H,3-10H2,1-2H3,(H2,16,17,18,19). The largest absolute Gasteiger partial charge is 0.396 e. The average molecular weight is 278 g/mol. The first-order chi connectivity index (χ1) is 9.74. The van der Waals surface area contributed by atoms with E-state index in [1.165, 1.54) is 0 Å². The summed E-state index contributed by atoms with van der Waals surface area (Å²) in [5.41, 5.74) is 1.25. The maximum atomic E-state index is 9.39. The van der Waals surface area contributed by atoms with Crippen molar-refractivity contribution in [2.45, 2.75) is 46.0 Å². The molecule has 3 N–H and O–H groups in total. The van der Waals surface area contributed by atoms with Crippen molar-refractivity contribution in [1.82, 2.24) is 9.97 Å². The molecule has 0 aromatic carbocycles. The number of hydrogen-bond donors (Lipinski definition) is 3. The van der Waals surface area contributed by atoms with Gasteiger partial charge in [0.05, 0.1) is 6.61 Å². The second-order valence-electron chi connectivity index (χ2n) is 5.74. The van der Waals surface area contributed by atoms with E-state index in [2.05, 4.69) is 34.4 Å². The Hall–Kier alpha value is -1.36. The molecule has 0 bridgehead atoms. The summed E-state index contributed by atoms with van der Waals surface area (Å²) < 4.78 is 0. The highest BCUT2D eigenvalue weighted by atomic mass is 16.3. The summed E-state index contributed by atoms with van der Waals surface area (Å²) in [7, 11) is 0. The maximum Gasteiger partial charge on any atom is 0.134 e. The molecular weight excluding hydrogens is 252 g/mol. The lowest BCUT2D eigenvalue weighted by Gasteiger charge is -2.17. The Kier molecular flexibility index (Phi) is 5.17. The van der Waals surface area contributed by atoms with Crippen molar-refractivity contribution in [3.8, 4) is 0 Å². The first-order valence-electron chi connectivity index (χ1n) is 7.67. The van der Waals surface area contributed by atoms with E-state index >= 15 is 0 Å². The van der Waals surface area contributed by atoms with Crippen LogP contribution in [-0.2, 0) is 6.42 Å². The van der Waals surface area contributed by atoms with E-state index in [1.807, 2.05) is 0 Å². The van der Waals surface area contributed by atoms with Crippen LogP contribution < -0.4 is 10.6 Å². The smallest absolute Gasteiger partial charge is 0.134 e. The highest BCUT2D eigenvalue weighted by molar-refractivity contribution is 5.57. The molecule has 1 saturated carbocycles. The van der Waals surface area contributed by atoms with Gasteiger partial charge in [0, 0.05) is 24.1 Å². The molecule has 112 valence electrons. The van der Waals surface area contributed by atoms with Gasteiger partial charge in [-0.15, -0.1) is 0 Å². The summed E-state index contributed by atoms with van der Waals surface area (Å²) in [4.78, 5) is 8.75. The Labute approximate surface area is 121 Å². The van der Waals surface area contributed by atoms with E-state index in [4.69, 9.17) is 0 Å². The quantitative estimate of drug-likeness (QED) is 0.647. The molecule has 1 aliphatic rings. The van der Waals surface area contributed by atoms with Crippen LogP contribution in [0, 0.1) is 5.41 Å². The Morgan fingerprint density at radius 3 is 2.40 bits per heavy atom. The van der Waals surface area contributed by atoms with Gasteiger partial charge in [-0.05, 0) is 25.7 Å². The number of anilines is 2.